The second-order valence-corrected chi connectivity index (χ2v) is 9.43. The average molecular weight is 428 g/mol. The van der Waals surface area contributed by atoms with E-state index in [2.05, 4.69) is 10.6 Å². The summed E-state index contributed by atoms with van der Waals surface area (Å²) in [4.78, 5) is 48.7. The summed E-state index contributed by atoms with van der Waals surface area (Å²) < 4.78 is 8.41. The predicted octanol–water partition coefficient (Wildman–Crippen LogP) is 1.85. The minimum Gasteiger partial charge on any atom is -0.460 e. The van der Waals surface area contributed by atoms with Gasteiger partial charge in [-0.15, -0.1) is 0 Å². The molecule has 2 aliphatic rings. The van der Waals surface area contributed by atoms with Gasteiger partial charge < -0.3 is 10.1 Å². The first-order valence-corrected chi connectivity index (χ1v) is 10.6. The monoisotopic (exact) mass is 428 g/mol. The van der Waals surface area contributed by atoms with E-state index in [0.29, 0.717) is 30.3 Å². The van der Waals surface area contributed by atoms with Crippen LogP contribution in [0, 0.1) is 5.92 Å². The van der Waals surface area contributed by atoms with Gasteiger partial charge in [0.15, 0.2) is 0 Å². The number of ether oxygens (including phenoxy) is 1. The molecule has 2 heterocycles. The van der Waals surface area contributed by atoms with E-state index in [4.69, 9.17) is 4.74 Å². The molecule has 1 atom stereocenters. The fourth-order valence-corrected chi connectivity index (χ4v) is 4.23. The van der Waals surface area contributed by atoms with Crippen LogP contribution in [0.5, 0.6) is 0 Å². The second-order valence-electron chi connectivity index (χ2n) is 9.43. The zero-order valence-electron chi connectivity index (χ0n) is 18.2. The highest BCUT2D eigenvalue weighted by Gasteiger charge is 2.37. The molecule has 1 saturated heterocycles. The van der Waals surface area contributed by atoms with Crippen molar-refractivity contribution in [3.8, 4) is 0 Å². The summed E-state index contributed by atoms with van der Waals surface area (Å²) in [6.45, 7) is 5.58. The molecule has 1 aliphatic heterocycles. The summed E-state index contributed by atoms with van der Waals surface area (Å²) in [6.07, 6.45) is 1.91. The first-order chi connectivity index (χ1) is 14.5. The van der Waals surface area contributed by atoms with Crippen molar-refractivity contribution >= 4 is 34.5 Å². The van der Waals surface area contributed by atoms with Crippen molar-refractivity contribution in [2.24, 2.45) is 13.0 Å². The van der Waals surface area contributed by atoms with E-state index < -0.39 is 17.6 Å². The summed E-state index contributed by atoms with van der Waals surface area (Å²) in [7, 11) is 1.67. The van der Waals surface area contributed by atoms with Crippen molar-refractivity contribution in [1.29, 1.82) is 0 Å². The van der Waals surface area contributed by atoms with Gasteiger partial charge in [-0.25, -0.2) is 4.79 Å². The summed E-state index contributed by atoms with van der Waals surface area (Å²) in [5.41, 5.74) is 1.41. The number of benzene rings is 1. The number of fused-ring (bicyclic) bond motifs is 1. The molecule has 2 aromatic rings. The number of hydrogen-bond acceptors (Lipinski definition) is 6. The number of hydrogen-bond donors (Lipinski definition) is 2. The first-order valence-electron chi connectivity index (χ1n) is 10.6. The predicted molar refractivity (Wildman–Crippen MR) is 115 cm³/mol. The van der Waals surface area contributed by atoms with Gasteiger partial charge in [-0.1, -0.05) is 0 Å². The van der Waals surface area contributed by atoms with Crippen LogP contribution in [0.25, 0.3) is 11.0 Å². The molecular weight excluding hydrogens is 400 g/mol. The summed E-state index contributed by atoms with van der Waals surface area (Å²) in [5.74, 6) is -1.02. The molecule has 166 valence electrons. The molecule has 1 unspecified atom stereocenters. The third-order valence-electron chi connectivity index (χ3n) is 5.86. The van der Waals surface area contributed by atoms with Crippen LogP contribution in [0.4, 0.5) is 5.69 Å². The van der Waals surface area contributed by atoms with Crippen molar-refractivity contribution in [2.45, 2.75) is 64.1 Å². The Hall–Kier alpha value is -3.10. The summed E-state index contributed by atoms with van der Waals surface area (Å²) in [6, 6.07) is 5.01. The van der Waals surface area contributed by atoms with E-state index in [0.717, 1.165) is 5.69 Å². The van der Waals surface area contributed by atoms with E-state index in [1.54, 1.807) is 7.05 Å². The second kappa shape index (κ2) is 7.55. The molecule has 2 fully saturated rings. The molecule has 1 aromatic carbocycles. The molecule has 1 aliphatic carbocycles. The van der Waals surface area contributed by atoms with Gasteiger partial charge in [-0.05, 0) is 58.2 Å². The number of nitrogens with one attached hydrogen (secondary N) is 2. The standard InChI is InChI=1S/C22H28N4O5/c1-22(2,3)31-20(29)12-9-14(10-12)23-13-5-6-15-17(11-13)25(4)21(30)26(15)16-7-8-18(27)24-19(16)28/h5-6,11-12,14,16,23H,7-10H2,1-4H3,(H,24,27,28). The maximum Gasteiger partial charge on any atom is 0.329 e. The third-order valence-corrected chi connectivity index (χ3v) is 5.86. The van der Waals surface area contributed by atoms with Crippen LogP contribution in [0.15, 0.2) is 23.0 Å². The fraction of sp³-hybridized carbons (Fsp3) is 0.545. The normalized spacial score (nSPS) is 23.9. The lowest BCUT2D eigenvalue weighted by Crippen LogP contribution is -2.44. The van der Waals surface area contributed by atoms with Crippen molar-refractivity contribution in [3.05, 3.63) is 28.7 Å². The molecule has 2 amide bonds. The molecule has 0 bridgehead atoms. The van der Waals surface area contributed by atoms with Gasteiger partial charge in [0.05, 0.1) is 17.0 Å². The van der Waals surface area contributed by atoms with Crippen LogP contribution in [0.3, 0.4) is 0 Å². The highest BCUT2D eigenvalue weighted by molar-refractivity contribution is 6.00. The SMILES string of the molecule is Cn1c(=O)n(C2CCC(=O)NC2=O)c2ccc(NC3CC(C(=O)OC(C)(C)C)C3)cc21. The van der Waals surface area contributed by atoms with Crippen molar-refractivity contribution in [2.75, 3.05) is 5.32 Å². The van der Waals surface area contributed by atoms with Gasteiger partial charge >= 0.3 is 11.7 Å². The molecule has 9 heteroatoms. The van der Waals surface area contributed by atoms with E-state index in [-0.39, 0.29) is 35.9 Å². The van der Waals surface area contributed by atoms with Crippen LogP contribution < -0.4 is 16.3 Å². The van der Waals surface area contributed by atoms with Crippen molar-refractivity contribution < 1.29 is 19.1 Å². The lowest BCUT2D eigenvalue weighted by atomic mass is 9.80. The van der Waals surface area contributed by atoms with Crippen LogP contribution in [-0.4, -0.2) is 38.6 Å². The van der Waals surface area contributed by atoms with Gasteiger partial charge in [0, 0.05) is 25.2 Å². The number of esters is 1. The van der Waals surface area contributed by atoms with Gasteiger partial charge in [-0.2, -0.15) is 0 Å². The van der Waals surface area contributed by atoms with Crippen LogP contribution in [0.2, 0.25) is 0 Å². The van der Waals surface area contributed by atoms with E-state index in [9.17, 15) is 19.2 Å². The van der Waals surface area contributed by atoms with Crippen LogP contribution >= 0.6 is 0 Å². The molecule has 0 radical (unpaired) electrons. The number of imide groups is 1. The first kappa shape index (κ1) is 21.1. The third kappa shape index (κ3) is 4.08. The number of anilines is 1. The highest BCUT2D eigenvalue weighted by Crippen LogP contribution is 2.33. The number of aryl methyl sites for hydroxylation is 1. The van der Waals surface area contributed by atoms with Crippen LogP contribution in [0.1, 0.15) is 52.5 Å². The van der Waals surface area contributed by atoms with Gasteiger partial charge in [0.1, 0.15) is 11.6 Å². The molecule has 9 nitrogen and oxygen atoms in total. The van der Waals surface area contributed by atoms with E-state index in [1.807, 2.05) is 39.0 Å². The number of nitrogens with zero attached hydrogens (tertiary/aromatic N) is 2. The lowest BCUT2D eigenvalue weighted by molar-refractivity contribution is -0.163. The summed E-state index contributed by atoms with van der Waals surface area (Å²) >= 11 is 0. The Labute approximate surface area is 179 Å². The zero-order chi connectivity index (χ0) is 22.5. The number of piperidine rings is 1. The number of imidazole rings is 1. The van der Waals surface area contributed by atoms with Gasteiger partial charge in [0.25, 0.3) is 0 Å². The number of amides is 2. The molecule has 1 aromatic heterocycles. The Morgan fingerprint density at radius 3 is 2.52 bits per heavy atom. The Bertz CT molecular complexity index is 1120. The topological polar surface area (TPSA) is 111 Å². The molecule has 0 spiro atoms. The Morgan fingerprint density at radius 2 is 1.87 bits per heavy atom. The minimum atomic E-state index is -0.700. The largest absolute Gasteiger partial charge is 0.460 e. The van der Waals surface area contributed by atoms with Gasteiger partial charge in [0.2, 0.25) is 11.8 Å². The summed E-state index contributed by atoms with van der Waals surface area (Å²) in [5, 5.41) is 5.72. The molecule has 4 rings (SSSR count). The maximum atomic E-state index is 12.8. The van der Waals surface area contributed by atoms with Crippen molar-refractivity contribution in [1.82, 2.24) is 14.5 Å². The fourth-order valence-electron chi connectivity index (χ4n) is 4.23. The Balaban J connectivity index is 1.49. The van der Waals surface area contributed by atoms with Gasteiger partial charge in [-0.3, -0.25) is 28.8 Å². The molecular formula is C22H28N4O5. The highest BCUT2D eigenvalue weighted by atomic mass is 16.6. The minimum absolute atomic E-state index is 0.0987. The molecule has 1 saturated carbocycles. The number of carbonyl (C=O) groups is 3. The Morgan fingerprint density at radius 1 is 1.16 bits per heavy atom. The molecule has 31 heavy (non-hydrogen) atoms. The van der Waals surface area contributed by atoms with Crippen molar-refractivity contribution in [3.63, 3.8) is 0 Å². The van der Waals surface area contributed by atoms with E-state index >= 15 is 0 Å². The van der Waals surface area contributed by atoms with Crippen LogP contribution in [-0.2, 0) is 26.2 Å². The number of carbonyl (C=O) groups excluding carboxylic acids is 3. The lowest BCUT2D eigenvalue weighted by Gasteiger charge is -2.36. The quantitative estimate of drug-likeness (QED) is 0.568. The Kier molecular flexibility index (Phi) is 5.15. The number of rotatable bonds is 4. The smallest absolute Gasteiger partial charge is 0.329 e. The zero-order valence-corrected chi connectivity index (χ0v) is 18.2. The number of aromatic nitrogens is 2. The maximum absolute atomic E-state index is 12.8. The van der Waals surface area contributed by atoms with E-state index in [1.165, 1.54) is 9.13 Å². The molecule has 2 N–H and O–H groups in total. The average Bonchev–Trinajstić information content (AvgIpc) is 2.87.